The van der Waals surface area contributed by atoms with Crippen LogP contribution >= 0.6 is 0 Å². The van der Waals surface area contributed by atoms with Crippen LogP contribution in [0.4, 0.5) is 0 Å². The third kappa shape index (κ3) is 3.42. The Bertz CT molecular complexity index is 433. The lowest BCUT2D eigenvalue weighted by Crippen LogP contribution is -2.41. The average molecular weight is 235 g/mol. The van der Waals surface area contributed by atoms with Gasteiger partial charge < -0.3 is 15.6 Å². The summed E-state index contributed by atoms with van der Waals surface area (Å²) in [5.41, 5.74) is 0.162. The molecule has 1 aromatic rings. The van der Waals surface area contributed by atoms with Gasteiger partial charge in [-0.25, -0.2) is 0 Å². The first-order valence-corrected chi connectivity index (χ1v) is 5.96. The van der Waals surface area contributed by atoms with Gasteiger partial charge >= 0.3 is 0 Å². The van der Waals surface area contributed by atoms with E-state index >= 15 is 0 Å². The quantitative estimate of drug-likeness (QED) is 0.687. The number of carbonyl (C=O) groups excluding carboxylic acids is 1. The lowest BCUT2D eigenvalue weighted by atomic mass is 10.1. The van der Waals surface area contributed by atoms with E-state index in [0.717, 1.165) is 32.4 Å². The molecule has 5 heteroatoms. The van der Waals surface area contributed by atoms with E-state index in [2.05, 4.69) is 15.6 Å². The monoisotopic (exact) mass is 235 g/mol. The molecule has 1 fully saturated rings. The molecule has 0 bridgehead atoms. The van der Waals surface area contributed by atoms with Crippen molar-refractivity contribution in [2.75, 3.05) is 13.1 Å². The zero-order valence-electron chi connectivity index (χ0n) is 9.66. The Hall–Kier alpha value is -1.62. The second-order valence-electron chi connectivity index (χ2n) is 4.31. The Morgan fingerprint density at radius 1 is 1.41 bits per heavy atom. The summed E-state index contributed by atoms with van der Waals surface area (Å²) >= 11 is 0. The maximum absolute atomic E-state index is 11.9. The van der Waals surface area contributed by atoms with Gasteiger partial charge in [-0.05, 0) is 25.5 Å². The third-order valence-corrected chi connectivity index (χ3v) is 2.92. The Morgan fingerprint density at radius 2 is 2.29 bits per heavy atom. The van der Waals surface area contributed by atoms with Crippen LogP contribution in [-0.4, -0.2) is 30.0 Å². The highest BCUT2D eigenvalue weighted by atomic mass is 16.2. The fourth-order valence-corrected chi connectivity index (χ4v) is 2.00. The van der Waals surface area contributed by atoms with Crippen molar-refractivity contribution in [3.05, 3.63) is 34.2 Å². The predicted octanol–water partition coefficient (Wildman–Crippen LogP) is 0.247. The van der Waals surface area contributed by atoms with Gasteiger partial charge in [-0.1, -0.05) is 6.42 Å². The lowest BCUT2D eigenvalue weighted by molar-refractivity contribution is 0.0935. The zero-order chi connectivity index (χ0) is 12.1. The van der Waals surface area contributed by atoms with Crippen LogP contribution in [0.3, 0.4) is 0 Å². The van der Waals surface area contributed by atoms with Gasteiger partial charge in [0.1, 0.15) is 0 Å². The van der Waals surface area contributed by atoms with Crippen LogP contribution in [0.5, 0.6) is 0 Å². The second kappa shape index (κ2) is 5.63. The molecular weight excluding hydrogens is 218 g/mol. The summed E-state index contributed by atoms with van der Waals surface area (Å²) in [5, 5.41) is 6.23. The molecule has 1 aliphatic heterocycles. The van der Waals surface area contributed by atoms with Crippen LogP contribution in [0.25, 0.3) is 0 Å². The second-order valence-corrected chi connectivity index (χ2v) is 4.31. The van der Waals surface area contributed by atoms with Crippen molar-refractivity contribution in [1.82, 2.24) is 15.6 Å². The Balaban J connectivity index is 1.98. The van der Waals surface area contributed by atoms with Crippen molar-refractivity contribution in [3.63, 3.8) is 0 Å². The minimum absolute atomic E-state index is 0.157. The molecular formula is C12H17N3O2. The highest BCUT2D eigenvalue weighted by molar-refractivity contribution is 5.94. The van der Waals surface area contributed by atoms with Crippen molar-refractivity contribution in [3.8, 4) is 0 Å². The molecule has 5 nitrogen and oxygen atoms in total. The fraction of sp³-hybridized carbons (Fsp3) is 0.500. The van der Waals surface area contributed by atoms with E-state index in [1.807, 2.05) is 0 Å². The average Bonchev–Trinajstić information content (AvgIpc) is 2.57. The standard InChI is InChI=1S/C12H17N3O2/c16-11-7-9(4-6-14-11)12(17)15-10-3-1-2-5-13-8-10/h4,6-7,10,13H,1-3,5,8H2,(H,14,16)(H,15,17). The Kier molecular flexibility index (Phi) is 3.93. The van der Waals surface area contributed by atoms with E-state index in [9.17, 15) is 9.59 Å². The number of aromatic nitrogens is 1. The zero-order valence-corrected chi connectivity index (χ0v) is 9.66. The molecule has 0 saturated carbocycles. The molecule has 0 aliphatic carbocycles. The van der Waals surface area contributed by atoms with E-state index in [0.29, 0.717) is 5.56 Å². The first-order valence-electron chi connectivity index (χ1n) is 5.96. The highest BCUT2D eigenvalue weighted by Crippen LogP contribution is 2.05. The van der Waals surface area contributed by atoms with E-state index in [1.54, 1.807) is 6.07 Å². The third-order valence-electron chi connectivity index (χ3n) is 2.92. The van der Waals surface area contributed by atoms with E-state index in [-0.39, 0.29) is 17.5 Å². The molecule has 1 unspecified atom stereocenters. The summed E-state index contributed by atoms with van der Waals surface area (Å²) in [6.45, 7) is 1.81. The number of amides is 1. The molecule has 1 atom stereocenters. The number of hydrogen-bond acceptors (Lipinski definition) is 3. The summed E-state index contributed by atoms with van der Waals surface area (Å²) in [7, 11) is 0. The first kappa shape index (κ1) is 11.9. The summed E-state index contributed by atoms with van der Waals surface area (Å²) < 4.78 is 0. The fourth-order valence-electron chi connectivity index (χ4n) is 2.00. The highest BCUT2D eigenvalue weighted by Gasteiger charge is 2.15. The normalized spacial score (nSPS) is 20.6. The maximum atomic E-state index is 11.9. The number of carbonyl (C=O) groups is 1. The van der Waals surface area contributed by atoms with Crippen molar-refractivity contribution < 1.29 is 4.79 Å². The van der Waals surface area contributed by atoms with Crippen LogP contribution in [-0.2, 0) is 0 Å². The van der Waals surface area contributed by atoms with Gasteiger partial charge in [-0.2, -0.15) is 0 Å². The molecule has 2 heterocycles. The Morgan fingerprint density at radius 3 is 3.12 bits per heavy atom. The van der Waals surface area contributed by atoms with Crippen LogP contribution in [0, 0.1) is 0 Å². The van der Waals surface area contributed by atoms with E-state index < -0.39 is 0 Å². The SMILES string of the molecule is O=C(NC1CCCCNC1)c1cc[nH]c(=O)c1. The van der Waals surface area contributed by atoms with Crippen molar-refractivity contribution >= 4 is 5.91 Å². The minimum Gasteiger partial charge on any atom is -0.348 e. The topological polar surface area (TPSA) is 74.0 Å². The predicted molar refractivity (Wildman–Crippen MR) is 65.0 cm³/mol. The minimum atomic E-state index is -0.253. The molecule has 0 radical (unpaired) electrons. The first-order chi connectivity index (χ1) is 8.25. The summed E-state index contributed by atoms with van der Waals surface area (Å²) in [6, 6.07) is 3.09. The molecule has 2 rings (SSSR count). The maximum Gasteiger partial charge on any atom is 0.251 e. The van der Waals surface area contributed by atoms with Crippen LogP contribution in [0.2, 0.25) is 0 Å². The van der Waals surface area contributed by atoms with Gasteiger partial charge in [0.15, 0.2) is 0 Å². The van der Waals surface area contributed by atoms with Gasteiger partial charge in [0.25, 0.3) is 5.91 Å². The molecule has 0 aromatic carbocycles. The number of rotatable bonds is 2. The Labute approximate surface area is 99.6 Å². The molecule has 1 aliphatic rings. The van der Waals surface area contributed by atoms with E-state index in [4.69, 9.17) is 0 Å². The van der Waals surface area contributed by atoms with Gasteiger partial charge in [0.05, 0.1) is 0 Å². The largest absolute Gasteiger partial charge is 0.348 e. The van der Waals surface area contributed by atoms with Crippen molar-refractivity contribution in [1.29, 1.82) is 0 Å². The number of aromatic amines is 1. The smallest absolute Gasteiger partial charge is 0.251 e. The van der Waals surface area contributed by atoms with Crippen molar-refractivity contribution in [2.45, 2.75) is 25.3 Å². The van der Waals surface area contributed by atoms with Crippen LogP contribution in [0.15, 0.2) is 23.1 Å². The summed E-state index contributed by atoms with van der Waals surface area (Å²) in [6.07, 6.45) is 4.75. The molecule has 1 aromatic heterocycles. The number of H-pyrrole nitrogens is 1. The van der Waals surface area contributed by atoms with Gasteiger partial charge in [-0.3, -0.25) is 9.59 Å². The molecule has 17 heavy (non-hydrogen) atoms. The van der Waals surface area contributed by atoms with E-state index in [1.165, 1.54) is 12.3 Å². The van der Waals surface area contributed by atoms with Gasteiger partial charge in [0.2, 0.25) is 5.56 Å². The number of nitrogens with one attached hydrogen (secondary N) is 3. The summed E-state index contributed by atoms with van der Waals surface area (Å²) in [5.74, 6) is -0.176. The van der Waals surface area contributed by atoms with Crippen LogP contribution < -0.4 is 16.2 Å². The lowest BCUT2D eigenvalue weighted by Gasteiger charge is -2.16. The molecule has 1 amide bonds. The van der Waals surface area contributed by atoms with Crippen LogP contribution in [0.1, 0.15) is 29.6 Å². The van der Waals surface area contributed by atoms with Gasteiger partial charge in [0, 0.05) is 30.4 Å². The number of hydrogen-bond donors (Lipinski definition) is 3. The molecule has 3 N–H and O–H groups in total. The summed E-state index contributed by atoms with van der Waals surface area (Å²) in [4.78, 5) is 25.5. The molecule has 0 spiro atoms. The molecule has 92 valence electrons. The number of pyridine rings is 1. The van der Waals surface area contributed by atoms with Crippen molar-refractivity contribution in [2.24, 2.45) is 0 Å². The molecule has 1 saturated heterocycles. The van der Waals surface area contributed by atoms with Gasteiger partial charge in [-0.15, -0.1) is 0 Å².